The van der Waals surface area contributed by atoms with E-state index in [1.807, 2.05) is 6.07 Å². The van der Waals surface area contributed by atoms with E-state index < -0.39 is 5.82 Å². The van der Waals surface area contributed by atoms with Crippen molar-refractivity contribution in [3.8, 4) is 11.8 Å². The number of ether oxygens (including phenoxy) is 2. The van der Waals surface area contributed by atoms with Crippen LogP contribution < -0.4 is 4.74 Å². The fourth-order valence-electron chi connectivity index (χ4n) is 1.10. The summed E-state index contributed by atoms with van der Waals surface area (Å²) in [4.78, 5) is 0. The van der Waals surface area contributed by atoms with Gasteiger partial charge in [-0.05, 0) is 18.2 Å². The van der Waals surface area contributed by atoms with E-state index in [1.54, 1.807) is 7.11 Å². The molecule has 0 saturated heterocycles. The monoisotopic (exact) mass is 209 g/mol. The molecule has 0 aliphatic carbocycles. The minimum atomic E-state index is -0.434. The van der Waals surface area contributed by atoms with Gasteiger partial charge in [-0.25, -0.2) is 4.39 Å². The number of methoxy groups -OCH3 is 1. The van der Waals surface area contributed by atoms with E-state index >= 15 is 0 Å². The lowest BCUT2D eigenvalue weighted by atomic mass is 10.2. The van der Waals surface area contributed by atoms with Crippen LogP contribution in [-0.2, 0) is 4.74 Å². The standard InChI is InChI=1S/C11H12FNO2/c1-14-5-2-6-15-11-4-3-10(12)7-9(11)8-13/h3-4,7H,2,5-6H2,1H3. The van der Waals surface area contributed by atoms with Crippen molar-refractivity contribution >= 4 is 0 Å². The van der Waals surface area contributed by atoms with E-state index in [1.165, 1.54) is 12.1 Å². The van der Waals surface area contributed by atoms with Gasteiger partial charge in [-0.15, -0.1) is 0 Å². The third-order valence-corrected chi connectivity index (χ3v) is 1.81. The Kier molecular flexibility index (Phi) is 4.58. The first-order chi connectivity index (χ1) is 7.27. The smallest absolute Gasteiger partial charge is 0.137 e. The van der Waals surface area contributed by atoms with Crippen LogP contribution in [0.3, 0.4) is 0 Å². The van der Waals surface area contributed by atoms with Crippen LogP contribution in [0.15, 0.2) is 18.2 Å². The topological polar surface area (TPSA) is 42.2 Å². The molecule has 0 heterocycles. The van der Waals surface area contributed by atoms with Gasteiger partial charge in [0.15, 0.2) is 0 Å². The van der Waals surface area contributed by atoms with Crippen molar-refractivity contribution in [2.75, 3.05) is 20.3 Å². The highest BCUT2D eigenvalue weighted by atomic mass is 19.1. The molecule has 0 spiro atoms. The molecule has 0 atom stereocenters. The quantitative estimate of drug-likeness (QED) is 0.697. The molecule has 0 radical (unpaired) electrons. The number of nitriles is 1. The number of halogens is 1. The number of benzene rings is 1. The van der Waals surface area contributed by atoms with Gasteiger partial charge in [0.25, 0.3) is 0 Å². The van der Waals surface area contributed by atoms with Gasteiger partial charge in [-0.2, -0.15) is 5.26 Å². The van der Waals surface area contributed by atoms with Gasteiger partial charge in [0, 0.05) is 20.1 Å². The molecular formula is C11H12FNO2. The zero-order valence-electron chi connectivity index (χ0n) is 8.50. The number of hydrogen-bond donors (Lipinski definition) is 0. The Balaban J connectivity index is 2.57. The molecule has 0 aromatic heterocycles. The second-order valence-electron chi connectivity index (χ2n) is 2.95. The molecule has 0 fully saturated rings. The average molecular weight is 209 g/mol. The van der Waals surface area contributed by atoms with Crippen molar-refractivity contribution < 1.29 is 13.9 Å². The molecule has 1 aromatic carbocycles. The summed E-state index contributed by atoms with van der Waals surface area (Å²) in [6.07, 6.45) is 0.735. The van der Waals surface area contributed by atoms with Gasteiger partial charge in [-0.3, -0.25) is 0 Å². The van der Waals surface area contributed by atoms with Gasteiger partial charge < -0.3 is 9.47 Å². The first kappa shape index (κ1) is 11.5. The number of hydrogen-bond acceptors (Lipinski definition) is 3. The second-order valence-corrected chi connectivity index (χ2v) is 2.95. The zero-order valence-corrected chi connectivity index (χ0v) is 8.50. The molecule has 0 aliphatic heterocycles. The van der Waals surface area contributed by atoms with Crippen LogP contribution >= 0.6 is 0 Å². The molecule has 0 unspecified atom stereocenters. The highest BCUT2D eigenvalue weighted by Crippen LogP contribution is 2.18. The van der Waals surface area contributed by atoms with E-state index in [9.17, 15) is 4.39 Å². The van der Waals surface area contributed by atoms with Gasteiger partial charge in [0.05, 0.1) is 12.2 Å². The maximum Gasteiger partial charge on any atom is 0.137 e. The Labute approximate surface area is 88.0 Å². The molecule has 0 saturated carbocycles. The highest BCUT2D eigenvalue weighted by Gasteiger charge is 2.04. The van der Waals surface area contributed by atoms with Crippen LogP contribution in [0, 0.1) is 17.1 Å². The summed E-state index contributed by atoms with van der Waals surface area (Å²) in [5.41, 5.74) is 0.215. The summed E-state index contributed by atoms with van der Waals surface area (Å²) in [5, 5.41) is 8.72. The summed E-state index contributed by atoms with van der Waals surface area (Å²) >= 11 is 0. The van der Waals surface area contributed by atoms with Gasteiger partial charge in [-0.1, -0.05) is 0 Å². The maximum absolute atomic E-state index is 12.8. The van der Waals surface area contributed by atoms with Crippen LogP contribution in [0.5, 0.6) is 5.75 Å². The van der Waals surface area contributed by atoms with E-state index in [4.69, 9.17) is 14.7 Å². The predicted octanol–water partition coefficient (Wildman–Crippen LogP) is 2.11. The second kappa shape index (κ2) is 5.99. The Hall–Kier alpha value is -1.60. The molecule has 1 rings (SSSR count). The lowest BCUT2D eigenvalue weighted by molar-refractivity contribution is 0.172. The number of rotatable bonds is 5. The van der Waals surface area contributed by atoms with Crippen molar-refractivity contribution in [3.63, 3.8) is 0 Å². The molecule has 15 heavy (non-hydrogen) atoms. The first-order valence-electron chi connectivity index (χ1n) is 4.59. The molecule has 1 aromatic rings. The van der Waals surface area contributed by atoms with Gasteiger partial charge in [0.2, 0.25) is 0 Å². The Morgan fingerprint density at radius 1 is 1.40 bits per heavy atom. The van der Waals surface area contributed by atoms with Crippen LogP contribution in [-0.4, -0.2) is 20.3 Å². The highest BCUT2D eigenvalue weighted by molar-refractivity contribution is 5.42. The number of nitrogens with zero attached hydrogens (tertiary/aromatic N) is 1. The van der Waals surface area contributed by atoms with E-state index in [0.29, 0.717) is 19.0 Å². The normalized spacial score (nSPS) is 9.67. The Bertz CT molecular complexity index is 360. The fraction of sp³-hybridized carbons (Fsp3) is 0.364. The predicted molar refractivity (Wildman–Crippen MR) is 53.1 cm³/mol. The summed E-state index contributed by atoms with van der Waals surface area (Å²) < 4.78 is 22.9. The summed E-state index contributed by atoms with van der Waals surface area (Å²) in [5.74, 6) is -0.0224. The molecule has 0 amide bonds. The molecule has 3 nitrogen and oxygen atoms in total. The summed E-state index contributed by atoms with van der Waals surface area (Å²) in [6, 6.07) is 5.77. The summed E-state index contributed by atoms with van der Waals surface area (Å²) in [6.45, 7) is 1.05. The Morgan fingerprint density at radius 2 is 2.20 bits per heavy atom. The molecule has 0 aliphatic rings. The van der Waals surface area contributed by atoms with Crippen molar-refractivity contribution in [1.29, 1.82) is 5.26 Å². The molecule has 4 heteroatoms. The minimum Gasteiger partial charge on any atom is -0.492 e. The third kappa shape index (κ3) is 3.56. The van der Waals surface area contributed by atoms with Crippen molar-refractivity contribution in [3.05, 3.63) is 29.6 Å². The van der Waals surface area contributed by atoms with Gasteiger partial charge in [0.1, 0.15) is 17.6 Å². The Morgan fingerprint density at radius 3 is 2.87 bits per heavy atom. The van der Waals surface area contributed by atoms with Crippen molar-refractivity contribution in [2.24, 2.45) is 0 Å². The fourth-order valence-corrected chi connectivity index (χ4v) is 1.10. The van der Waals surface area contributed by atoms with Crippen LogP contribution in [0.25, 0.3) is 0 Å². The molecule has 0 bridgehead atoms. The van der Waals surface area contributed by atoms with E-state index in [0.717, 1.165) is 12.5 Å². The van der Waals surface area contributed by atoms with Crippen molar-refractivity contribution in [2.45, 2.75) is 6.42 Å². The van der Waals surface area contributed by atoms with Crippen LogP contribution in [0.4, 0.5) is 4.39 Å². The maximum atomic E-state index is 12.8. The largest absolute Gasteiger partial charge is 0.492 e. The molecular weight excluding hydrogens is 197 g/mol. The SMILES string of the molecule is COCCCOc1ccc(F)cc1C#N. The average Bonchev–Trinajstić information content (AvgIpc) is 2.26. The first-order valence-corrected chi connectivity index (χ1v) is 4.59. The summed E-state index contributed by atoms with van der Waals surface area (Å²) in [7, 11) is 1.61. The molecule has 0 N–H and O–H groups in total. The zero-order chi connectivity index (χ0) is 11.1. The minimum absolute atomic E-state index is 0.215. The van der Waals surface area contributed by atoms with E-state index in [2.05, 4.69) is 0 Å². The van der Waals surface area contributed by atoms with Crippen molar-refractivity contribution in [1.82, 2.24) is 0 Å². The molecule has 80 valence electrons. The van der Waals surface area contributed by atoms with Crippen LogP contribution in [0.1, 0.15) is 12.0 Å². The lowest BCUT2D eigenvalue weighted by Gasteiger charge is -2.07. The third-order valence-electron chi connectivity index (χ3n) is 1.81. The van der Waals surface area contributed by atoms with E-state index in [-0.39, 0.29) is 5.56 Å². The van der Waals surface area contributed by atoms with Gasteiger partial charge >= 0.3 is 0 Å². The van der Waals surface area contributed by atoms with Crippen LogP contribution in [0.2, 0.25) is 0 Å². The lowest BCUT2D eigenvalue weighted by Crippen LogP contribution is -2.02.